The fourth-order valence-corrected chi connectivity index (χ4v) is 2.25. The Kier molecular flexibility index (Phi) is 3.92. The monoisotopic (exact) mass is 306 g/mol. The Hall–Kier alpha value is -1.48. The van der Waals surface area contributed by atoms with Gasteiger partial charge in [-0.3, -0.25) is 4.79 Å². The van der Waals surface area contributed by atoms with E-state index in [2.05, 4.69) is 15.9 Å². The van der Waals surface area contributed by atoms with Gasteiger partial charge in [0.05, 0.1) is 0 Å². The first-order chi connectivity index (χ1) is 8.56. The van der Waals surface area contributed by atoms with E-state index in [0.29, 0.717) is 10.0 Å². The van der Waals surface area contributed by atoms with E-state index in [1.54, 1.807) is 12.1 Å². The molecule has 0 amide bonds. The van der Waals surface area contributed by atoms with Gasteiger partial charge in [0.15, 0.2) is 5.78 Å². The molecule has 0 aliphatic carbocycles. The minimum Gasteiger partial charge on any atom is -0.294 e. The van der Waals surface area contributed by atoms with Crippen molar-refractivity contribution >= 4 is 21.7 Å². The highest BCUT2D eigenvalue weighted by atomic mass is 79.9. The summed E-state index contributed by atoms with van der Waals surface area (Å²) in [5.74, 6) is -0.278. The molecule has 0 saturated carbocycles. The van der Waals surface area contributed by atoms with Crippen LogP contribution in [0, 0.1) is 12.7 Å². The lowest BCUT2D eigenvalue weighted by molar-refractivity contribution is 0.0992. The van der Waals surface area contributed by atoms with Crippen LogP contribution in [0.3, 0.4) is 0 Å². The molecule has 2 aromatic rings. The minimum absolute atomic E-state index is 0.0333. The summed E-state index contributed by atoms with van der Waals surface area (Å²) < 4.78 is 13.6. The summed E-state index contributed by atoms with van der Waals surface area (Å²) in [6.07, 6.45) is 0.268. The lowest BCUT2D eigenvalue weighted by Crippen LogP contribution is -2.04. The Labute approximate surface area is 114 Å². The molecule has 0 bridgehead atoms. The second kappa shape index (κ2) is 5.44. The highest BCUT2D eigenvalue weighted by Gasteiger charge is 2.10. The van der Waals surface area contributed by atoms with Gasteiger partial charge in [-0.2, -0.15) is 0 Å². The van der Waals surface area contributed by atoms with Crippen LogP contribution in [0.25, 0.3) is 0 Å². The maximum Gasteiger partial charge on any atom is 0.167 e. The fourth-order valence-electron chi connectivity index (χ4n) is 1.76. The summed E-state index contributed by atoms with van der Waals surface area (Å²) in [7, 11) is 0. The van der Waals surface area contributed by atoms with Crippen molar-refractivity contribution < 1.29 is 9.18 Å². The van der Waals surface area contributed by atoms with Crippen molar-refractivity contribution in [2.75, 3.05) is 0 Å². The molecule has 0 radical (unpaired) electrons. The lowest BCUT2D eigenvalue weighted by atomic mass is 10.0. The second-order valence-electron chi connectivity index (χ2n) is 4.21. The number of halogens is 2. The summed E-state index contributed by atoms with van der Waals surface area (Å²) in [6.45, 7) is 1.95. The zero-order valence-corrected chi connectivity index (χ0v) is 11.5. The molecule has 0 aromatic heterocycles. The number of benzene rings is 2. The van der Waals surface area contributed by atoms with Gasteiger partial charge in [-0.15, -0.1) is 0 Å². The van der Waals surface area contributed by atoms with Crippen LogP contribution in [0.5, 0.6) is 0 Å². The number of ketones is 1. The molecule has 0 unspecified atom stereocenters. The first kappa shape index (κ1) is 13.0. The lowest BCUT2D eigenvalue weighted by Gasteiger charge is -2.05. The maximum atomic E-state index is 12.9. The minimum atomic E-state index is -0.311. The molecule has 18 heavy (non-hydrogen) atoms. The van der Waals surface area contributed by atoms with Crippen LogP contribution < -0.4 is 0 Å². The third-order valence-corrected chi connectivity index (χ3v) is 3.44. The molecule has 3 heteroatoms. The van der Waals surface area contributed by atoms with Crippen LogP contribution in [-0.4, -0.2) is 5.78 Å². The van der Waals surface area contributed by atoms with Gasteiger partial charge < -0.3 is 0 Å². The van der Waals surface area contributed by atoms with Crippen molar-refractivity contribution in [2.45, 2.75) is 13.3 Å². The van der Waals surface area contributed by atoms with E-state index in [4.69, 9.17) is 0 Å². The summed E-state index contributed by atoms with van der Waals surface area (Å²) >= 11 is 3.27. The molecule has 0 aliphatic heterocycles. The molecule has 0 N–H and O–H groups in total. The Morgan fingerprint density at radius 1 is 1.22 bits per heavy atom. The van der Waals surface area contributed by atoms with Crippen molar-refractivity contribution in [1.29, 1.82) is 0 Å². The summed E-state index contributed by atoms with van der Waals surface area (Å²) in [5, 5.41) is 0. The molecule has 0 fully saturated rings. The third-order valence-electron chi connectivity index (χ3n) is 2.71. The molecule has 2 rings (SSSR count). The largest absolute Gasteiger partial charge is 0.294 e. The predicted molar refractivity (Wildman–Crippen MR) is 73.3 cm³/mol. The molecule has 2 aromatic carbocycles. The predicted octanol–water partition coefficient (Wildman–Crippen LogP) is 4.32. The fraction of sp³-hybridized carbons (Fsp3) is 0.133. The van der Waals surface area contributed by atoms with Crippen molar-refractivity contribution in [1.82, 2.24) is 0 Å². The number of carbonyl (C=O) groups excluding carboxylic acids is 1. The number of carbonyl (C=O) groups is 1. The Bertz CT molecular complexity index is 593. The number of Topliss-reactive ketones (excluding diaryl/α,β-unsaturated/α-hetero) is 1. The maximum absolute atomic E-state index is 12.9. The SMILES string of the molecule is Cc1cccc(C(=O)Cc2ccc(F)cc2Br)c1. The first-order valence-corrected chi connectivity index (χ1v) is 6.39. The van der Waals surface area contributed by atoms with Crippen LogP contribution in [0.2, 0.25) is 0 Å². The summed E-state index contributed by atoms with van der Waals surface area (Å²) in [4.78, 5) is 12.1. The van der Waals surface area contributed by atoms with E-state index < -0.39 is 0 Å². The second-order valence-corrected chi connectivity index (χ2v) is 5.06. The average molecular weight is 307 g/mol. The molecular weight excluding hydrogens is 295 g/mol. The molecular formula is C15H12BrFO. The standard InChI is InChI=1S/C15H12BrFO/c1-10-3-2-4-12(7-10)15(18)8-11-5-6-13(17)9-14(11)16/h2-7,9H,8H2,1H3. The Morgan fingerprint density at radius 3 is 2.67 bits per heavy atom. The van der Waals surface area contributed by atoms with Gasteiger partial charge >= 0.3 is 0 Å². The average Bonchev–Trinajstić information content (AvgIpc) is 2.32. The van der Waals surface area contributed by atoms with Gasteiger partial charge in [-0.25, -0.2) is 4.39 Å². The third kappa shape index (κ3) is 3.05. The summed E-state index contributed by atoms with van der Waals surface area (Å²) in [5.41, 5.74) is 2.54. The Morgan fingerprint density at radius 2 is 2.00 bits per heavy atom. The smallest absolute Gasteiger partial charge is 0.167 e. The number of hydrogen-bond acceptors (Lipinski definition) is 1. The molecule has 1 nitrogen and oxygen atoms in total. The van der Waals surface area contributed by atoms with Crippen molar-refractivity contribution in [2.24, 2.45) is 0 Å². The van der Waals surface area contributed by atoms with Gasteiger partial charge in [0.1, 0.15) is 5.82 Å². The number of rotatable bonds is 3. The van der Waals surface area contributed by atoms with Gasteiger partial charge in [-0.1, -0.05) is 45.8 Å². The van der Waals surface area contributed by atoms with E-state index in [9.17, 15) is 9.18 Å². The van der Waals surface area contributed by atoms with Gasteiger partial charge in [-0.05, 0) is 30.7 Å². The molecule has 92 valence electrons. The van der Waals surface area contributed by atoms with Crippen LogP contribution in [-0.2, 0) is 6.42 Å². The zero-order chi connectivity index (χ0) is 13.1. The molecule has 0 atom stereocenters. The molecule has 0 saturated heterocycles. The topological polar surface area (TPSA) is 17.1 Å². The van der Waals surface area contributed by atoms with E-state index in [1.807, 2.05) is 25.1 Å². The molecule has 0 spiro atoms. The zero-order valence-electron chi connectivity index (χ0n) is 9.91. The van der Waals surface area contributed by atoms with Crippen LogP contribution in [0.4, 0.5) is 4.39 Å². The highest BCUT2D eigenvalue weighted by molar-refractivity contribution is 9.10. The number of aryl methyl sites for hydroxylation is 1. The van der Waals surface area contributed by atoms with E-state index in [1.165, 1.54) is 12.1 Å². The van der Waals surface area contributed by atoms with Crippen molar-refractivity contribution in [3.8, 4) is 0 Å². The van der Waals surface area contributed by atoms with Gasteiger partial charge in [0.2, 0.25) is 0 Å². The van der Waals surface area contributed by atoms with E-state index >= 15 is 0 Å². The highest BCUT2D eigenvalue weighted by Crippen LogP contribution is 2.20. The number of hydrogen-bond donors (Lipinski definition) is 0. The van der Waals surface area contributed by atoms with Crippen molar-refractivity contribution in [3.05, 3.63) is 69.4 Å². The van der Waals surface area contributed by atoms with Crippen LogP contribution >= 0.6 is 15.9 Å². The van der Waals surface area contributed by atoms with E-state index in [-0.39, 0.29) is 18.0 Å². The van der Waals surface area contributed by atoms with Gasteiger partial charge in [0, 0.05) is 16.5 Å². The van der Waals surface area contributed by atoms with Gasteiger partial charge in [0.25, 0.3) is 0 Å². The van der Waals surface area contributed by atoms with E-state index in [0.717, 1.165) is 11.1 Å². The van der Waals surface area contributed by atoms with Crippen LogP contribution in [0.15, 0.2) is 46.9 Å². The quantitative estimate of drug-likeness (QED) is 0.772. The first-order valence-electron chi connectivity index (χ1n) is 5.60. The normalized spacial score (nSPS) is 10.4. The Balaban J connectivity index is 2.21. The summed E-state index contributed by atoms with van der Waals surface area (Å²) in [6, 6.07) is 11.8. The van der Waals surface area contributed by atoms with Crippen LogP contribution in [0.1, 0.15) is 21.5 Å². The van der Waals surface area contributed by atoms with Crippen molar-refractivity contribution in [3.63, 3.8) is 0 Å². The molecule has 0 heterocycles. The molecule has 0 aliphatic rings.